The van der Waals surface area contributed by atoms with Crippen molar-refractivity contribution in [3.05, 3.63) is 33.8 Å². The van der Waals surface area contributed by atoms with Crippen molar-refractivity contribution in [2.24, 2.45) is 0 Å². The molecular weight excluding hydrogens is 298 g/mol. The molecule has 1 aliphatic heterocycles. The molecule has 1 heterocycles. The molecule has 1 atom stereocenters. The van der Waals surface area contributed by atoms with Gasteiger partial charge in [0.05, 0.1) is 5.56 Å². The molecule has 1 saturated heterocycles. The van der Waals surface area contributed by atoms with E-state index in [1.54, 1.807) is 6.07 Å². The Morgan fingerprint density at radius 3 is 2.78 bits per heavy atom. The van der Waals surface area contributed by atoms with Crippen LogP contribution in [0.5, 0.6) is 0 Å². The molecular formula is C13H14BrNO3. The van der Waals surface area contributed by atoms with E-state index in [-0.39, 0.29) is 5.91 Å². The topological polar surface area (TPSA) is 57.6 Å². The molecule has 2 rings (SSSR count). The van der Waals surface area contributed by atoms with Crippen molar-refractivity contribution in [2.45, 2.75) is 25.8 Å². The Hall–Kier alpha value is -1.36. The average molecular weight is 312 g/mol. The van der Waals surface area contributed by atoms with Crippen LogP contribution in [0.25, 0.3) is 0 Å². The minimum absolute atomic E-state index is 0.216. The SMILES string of the molecule is Cc1ccc(C(=O)N2CCC[C@H]2C(=O)O)c(Br)c1. The lowest BCUT2D eigenvalue weighted by molar-refractivity contribution is -0.141. The van der Waals surface area contributed by atoms with Gasteiger partial charge >= 0.3 is 5.97 Å². The largest absolute Gasteiger partial charge is 0.480 e. The maximum absolute atomic E-state index is 12.3. The second kappa shape index (κ2) is 5.10. The van der Waals surface area contributed by atoms with E-state index in [2.05, 4.69) is 15.9 Å². The average Bonchev–Trinajstić information content (AvgIpc) is 2.77. The van der Waals surface area contributed by atoms with Crippen LogP contribution in [-0.4, -0.2) is 34.5 Å². The van der Waals surface area contributed by atoms with Crippen LogP contribution in [0.2, 0.25) is 0 Å². The van der Waals surface area contributed by atoms with Gasteiger partial charge in [0.25, 0.3) is 5.91 Å². The fourth-order valence-corrected chi connectivity index (χ4v) is 2.88. The molecule has 0 saturated carbocycles. The Bertz CT molecular complexity index is 501. The number of nitrogens with zero attached hydrogens (tertiary/aromatic N) is 1. The Labute approximate surface area is 114 Å². The third kappa shape index (κ3) is 2.41. The molecule has 0 aliphatic carbocycles. The van der Waals surface area contributed by atoms with Crippen LogP contribution in [0.3, 0.4) is 0 Å². The molecule has 1 aromatic carbocycles. The first-order valence-electron chi connectivity index (χ1n) is 5.80. The quantitative estimate of drug-likeness (QED) is 0.912. The van der Waals surface area contributed by atoms with Gasteiger partial charge in [0.15, 0.2) is 0 Å². The lowest BCUT2D eigenvalue weighted by Gasteiger charge is -2.22. The Kier molecular flexibility index (Phi) is 3.71. The van der Waals surface area contributed by atoms with E-state index in [1.807, 2.05) is 19.1 Å². The highest BCUT2D eigenvalue weighted by atomic mass is 79.9. The number of rotatable bonds is 2. The number of amides is 1. The normalized spacial score (nSPS) is 19.0. The Morgan fingerprint density at radius 2 is 2.17 bits per heavy atom. The monoisotopic (exact) mass is 311 g/mol. The number of hydrogen-bond donors (Lipinski definition) is 1. The molecule has 1 N–H and O–H groups in total. The van der Waals surface area contributed by atoms with Gasteiger partial charge < -0.3 is 10.0 Å². The molecule has 0 spiro atoms. The summed E-state index contributed by atoms with van der Waals surface area (Å²) in [6.07, 6.45) is 1.27. The first-order chi connectivity index (χ1) is 8.50. The van der Waals surface area contributed by atoms with Gasteiger partial charge in [-0.2, -0.15) is 0 Å². The van der Waals surface area contributed by atoms with E-state index < -0.39 is 12.0 Å². The number of carboxylic acids is 1. The first kappa shape index (κ1) is 13.1. The standard InChI is InChI=1S/C13H14BrNO3/c1-8-4-5-9(10(14)7-8)12(16)15-6-2-3-11(15)13(17)18/h4-5,7,11H,2-3,6H2,1H3,(H,17,18)/t11-/m0/s1. The molecule has 1 aliphatic rings. The summed E-state index contributed by atoms with van der Waals surface area (Å²) in [6, 6.07) is 4.76. The van der Waals surface area contributed by atoms with Gasteiger partial charge in [0.2, 0.25) is 0 Å². The third-order valence-corrected chi connectivity index (χ3v) is 3.81. The van der Waals surface area contributed by atoms with Gasteiger partial charge in [-0.1, -0.05) is 6.07 Å². The zero-order valence-corrected chi connectivity index (χ0v) is 11.6. The molecule has 1 amide bonds. The summed E-state index contributed by atoms with van der Waals surface area (Å²) in [6.45, 7) is 2.45. The summed E-state index contributed by atoms with van der Waals surface area (Å²) in [4.78, 5) is 24.8. The van der Waals surface area contributed by atoms with Crippen molar-refractivity contribution in [3.8, 4) is 0 Å². The summed E-state index contributed by atoms with van der Waals surface area (Å²) in [5.41, 5.74) is 1.57. The number of carboxylic acid groups (broad SMARTS) is 1. The van der Waals surface area contributed by atoms with Crippen LogP contribution in [-0.2, 0) is 4.79 Å². The smallest absolute Gasteiger partial charge is 0.326 e. The molecule has 1 aromatic rings. The van der Waals surface area contributed by atoms with E-state index in [4.69, 9.17) is 5.11 Å². The van der Waals surface area contributed by atoms with E-state index in [1.165, 1.54) is 4.90 Å². The van der Waals surface area contributed by atoms with Crippen molar-refractivity contribution in [1.82, 2.24) is 4.90 Å². The lowest BCUT2D eigenvalue weighted by atomic mass is 10.1. The summed E-state index contributed by atoms with van der Waals surface area (Å²) in [7, 11) is 0. The summed E-state index contributed by atoms with van der Waals surface area (Å²) in [5, 5.41) is 9.09. The molecule has 5 heteroatoms. The molecule has 18 heavy (non-hydrogen) atoms. The molecule has 4 nitrogen and oxygen atoms in total. The predicted molar refractivity (Wildman–Crippen MR) is 70.6 cm³/mol. The lowest BCUT2D eigenvalue weighted by Crippen LogP contribution is -2.40. The summed E-state index contributed by atoms with van der Waals surface area (Å²) >= 11 is 3.36. The first-order valence-corrected chi connectivity index (χ1v) is 6.60. The van der Waals surface area contributed by atoms with Crippen molar-refractivity contribution >= 4 is 27.8 Å². The van der Waals surface area contributed by atoms with Gasteiger partial charge in [0, 0.05) is 11.0 Å². The Morgan fingerprint density at radius 1 is 1.44 bits per heavy atom. The number of likely N-dealkylation sites (tertiary alicyclic amines) is 1. The number of aliphatic carboxylic acids is 1. The van der Waals surface area contributed by atoms with Crippen LogP contribution >= 0.6 is 15.9 Å². The molecule has 0 radical (unpaired) electrons. The zero-order valence-electron chi connectivity index (χ0n) is 10.0. The number of benzene rings is 1. The number of carbonyl (C=O) groups is 2. The third-order valence-electron chi connectivity index (χ3n) is 3.15. The van der Waals surface area contributed by atoms with E-state index in [0.29, 0.717) is 23.0 Å². The van der Waals surface area contributed by atoms with Gasteiger partial charge in [-0.25, -0.2) is 4.79 Å². The minimum Gasteiger partial charge on any atom is -0.480 e. The second-order valence-electron chi connectivity index (χ2n) is 4.48. The van der Waals surface area contributed by atoms with E-state index >= 15 is 0 Å². The second-order valence-corrected chi connectivity index (χ2v) is 5.33. The van der Waals surface area contributed by atoms with Gasteiger partial charge in [-0.3, -0.25) is 4.79 Å². The molecule has 0 unspecified atom stereocenters. The Balaban J connectivity index is 2.28. The van der Waals surface area contributed by atoms with Crippen molar-refractivity contribution in [3.63, 3.8) is 0 Å². The fourth-order valence-electron chi connectivity index (χ4n) is 2.21. The zero-order chi connectivity index (χ0) is 13.3. The van der Waals surface area contributed by atoms with Crippen LogP contribution in [0.4, 0.5) is 0 Å². The predicted octanol–water partition coefficient (Wildman–Crippen LogP) is 2.45. The van der Waals surface area contributed by atoms with Crippen LogP contribution in [0.15, 0.2) is 22.7 Å². The van der Waals surface area contributed by atoms with E-state index in [0.717, 1.165) is 12.0 Å². The minimum atomic E-state index is -0.927. The van der Waals surface area contributed by atoms with Crippen LogP contribution in [0.1, 0.15) is 28.8 Å². The molecule has 0 aromatic heterocycles. The molecule has 96 valence electrons. The highest BCUT2D eigenvalue weighted by Gasteiger charge is 2.34. The van der Waals surface area contributed by atoms with Gasteiger partial charge in [0.1, 0.15) is 6.04 Å². The number of aryl methyl sites for hydroxylation is 1. The molecule has 0 bridgehead atoms. The van der Waals surface area contributed by atoms with Crippen LogP contribution < -0.4 is 0 Å². The van der Waals surface area contributed by atoms with Crippen molar-refractivity contribution < 1.29 is 14.7 Å². The summed E-state index contributed by atoms with van der Waals surface area (Å²) < 4.78 is 0.712. The van der Waals surface area contributed by atoms with Crippen LogP contribution in [0, 0.1) is 6.92 Å². The highest BCUT2D eigenvalue weighted by molar-refractivity contribution is 9.10. The van der Waals surface area contributed by atoms with Crippen molar-refractivity contribution in [1.29, 1.82) is 0 Å². The van der Waals surface area contributed by atoms with Gasteiger partial charge in [-0.05, 0) is 53.4 Å². The number of hydrogen-bond acceptors (Lipinski definition) is 2. The maximum Gasteiger partial charge on any atom is 0.326 e. The molecule has 1 fully saturated rings. The van der Waals surface area contributed by atoms with E-state index in [9.17, 15) is 9.59 Å². The fraction of sp³-hybridized carbons (Fsp3) is 0.385. The number of carbonyl (C=O) groups excluding carboxylic acids is 1. The summed E-state index contributed by atoms with van der Waals surface area (Å²) in [5.74, 6) is -1.14. The number of halogens is 1. The highest BCUT2D eigenvalue weighted by Crippen LogP contribution is 2.25. The maximum atomic E-state index is 12.3. The van der Waals surface area contributed by atoms with Crippen molar-refractivity contribution in [2.75, 3.05) is 6.54 Å². The van der Waals surface area contributed by atoms with Gasteiger partial charge in [-0.15, -0.1) is 0 Å².